The van der Waals surface area contributed by atoms with Crippen molar-refractivity contribution in [2.45, 2.75) is 0 Å². The molecule has 11 rings (SSSR count). The number of fused-ring (bicyclic) bond motifs is 13. The fraction of sp³-hybridized carbons (Fsp3) is 0. The predicted molar refractivity (Wildman–Crippen MR) is 203 cm³/mol. The van der Waals surface area contributed by atoms with E-state index in [-0.39, 0.29) is 0 Å². The molecule has 0 atom stereocenters. The minimum atomic E-state index is 0.904. The van der Waals surface area contributed by atoms with Gasteiger partial charge in [0.1, 0.15) is 22.3 Å². The number of furan rings is 1. The second kappa shape index (κ2) is 9.93. The number of benzene rings is 7. The van der Waals surface area contributed by atoms with E-state index in [0.29, 0.717) is 0 Å². The number of nitrogens with zero attached hydrogens (tertiary/aromatic N) is 3. The van der Waals surface area contributed by atoms with Crippen molar-refractivity contribution in [1.29, 1.82) is 0 Å². The summed E-state index contributed by atoms with van der Waals surface area (Å²) in [4.78, 5) is 5.40. The first kappa shape index (κ1) is 26.4. The van der Waals surface area contributed by atoms with Crippen LogP contribution < -0.4 is 0 Å². The SMILES string of the molecule is c1ccc(-c2cccc3c2oc2c(-c4ccc(-n5c6ccccc6c6c5nc5c7ccccc7c7ccccc7n56)cc4)cccc23)cc1. The molecule has 4 heteroatoms. The molecule has 4 nitrogen and oxygen atoms in total. The van der Waals surface area contributed by atoms with E-state index in [1.54, 1.807) is 0 Å². The van der Waals surface area contributed by atoms with Gasteiger partial charge in [0.2, 0.25) is 0 Å². The molecule has 0 radical (unpaired) electrons. The largest absolute Gasteiger partial charge is 0.455 e. The van der Waals surface area contributed by atoms with Gasteiger partial charge in [0.05, 0.1) is 11.0 Å². The Morgan fingerprint density at radius 1 is 0.388 bits per heavy atom. The van der Waals surface area contributed by atoms with Gasteiger partial charge < -0.3 is 4.42 Å². The minimum absolute atomic E-state index is 0.904. The van der Waals surface area contributed by atoms with Crippen molar-refractivity contribution in [2.75, 3.05) is 0 Å². The Balaban J connectivity index is 1.12. The maximum Gasteiger partial charge on any atom is 0.165 e. The molecule has 0 saturated heterocycles. The number of hydrogen-bond donors (Lipinski definition) is 0. The van der Waals surface area contributed by atoms with E-state index in [1.807, 2.05) is 6.07 Å². The third-order valence-electron chi connectivity index (χ3n) is 10.1. The zero-order valence-corrected chi connectivity index (χ0v) is 26.3. The van der Waals surface area contributed by atoms with E-state index < -0.39 is 0 Å². The summed E-state index contributed by atoms with van der Waals surface area (Å²) in [5.74, 6) is 0. The van der Waals surface area contributed by atoms with Crippen LogP contribution in [0.2, 0.25) is 0 Å². The van der Waals surface area contributed by atoms with Gasteiger partial charge >= 0.3 is 0 Å². The van der Waals surface area contributed by atoms with Crippen molar-refractivity contribution in [3.63, 3.8) is 0 Å². The van der Waals surface area contributed by atoms with Crippen LogP contribution in [0.3, 0.4) is 0 Å². The highest BCUT2D eigenvalue weighted by atomic mass is 16.3. The van der Waals surface area contributed by atoms with E-state index >= 15 is 0 Å². The Labute approximate surface area is 280 Å². The molecule has 49 heavy (non-hydrogen) atoms. The van der Waals surface area contributed by atoms with Crippen molar-refractivity contribution in [3.8, 4) is 27.9 Å². The van der Waals surface area contributed by atoms with Gasteiger partial charge in [-0.2, -0.15) is 0 Å². The lowest BCUT2D eigenvalue weighted by atomic mass is 10.00. The zero-order chi connectivity index (χ0) is 32.1. The lowest BCUT2D eigenvalue weighted by Crippen LogP contribution is -1.94. The molecule has 0 aliphatic rings. The van der Waals surface area contributed by atoms with Crippen molar-refractivity contribution < 1.29 is 4.42 Å². The number of para-hydroxylation sites is 4. The Morgan fingerprint density at radius 3 is 1.65 bits per heavy atom. The smallest absolute Gasteiger partial charge is 0.165 e. The van der Waals surface area contributed by atoms with E-state index in [0.717, 1.165) is 83.1 Å². The fourth-order valence-electron chi connectivity index (χ4n) is 7.96. The topological polar surface area (TPSA) is 35.4 Å². The molecular formula is C45H27N3O. The predicted octanol–water partition coefficient (Wildman–Crippen LogP) is 12.0. The third-order valence-corrected chi connectivity index (χ3v) is 10.1. The molecule has 228 valence electrons. The zero-order valence-electron chi connectivity index (χ0n) is 26.3. The van der Waals surface area contributed by atoms with Crippen LogP contribution in [0.15, 0.2) is 168 Å². The Hall–Kier alpha value is -6.65. The number of hydrogen-bond acceptors (Lipinski definition) is 2. The molecule has 11 aromatic rings. The summed E-state index contributed by atoms with van der Waals surface area (Å²) in [6.07, 6.45) is 0. The summed E-state index contributed by atoms with van der Waals surface area (Å²) >= 11 is 0. The normalized spacial score (nSPS) is 12.1. The molecule has 0 fully saturated rings. The van der Waals surface area contributed by atoms with Gasteiger partial charge in [0.15, 0.2) is 5.65 Å². The summed E-state index contributed by atoms with van der Waals surface area (Å²) in [6, 6.07) is 58.0. The Bertz CT molecular complexity index is 3090. The molecule has 0 bridgehead atoms. The number of pyridine rings is 1. The maximum atomic E-state index is 6.73. The van der Waals surface area contributed by atoms with Crippen molar-refractivity contribution in [2.24, 2.45) is 0 Å². The van der Waals surface area contributed by atoms with Crippen LogP contribution in [-0.2, 0) is 0 Å². The molecule has 0 amide bonds. The van der Waals surface area contributed by atoms with Crippen LogP contribution in [0.1, 0.15) is 0 Å². The van der Waals surface area contributed by atoms with Crippen molar-refractivity contribution >= 4 is 71.3 Å². The van der Waals surface area contributed by atoms with E-state index in [9.17, 15) is 0 Å². The van der Waals surface area contributed by atoms with Crippen LogP contribution in [0.25, 0.3) is 99.3 Å². The summed E-state index contributed by atoms with van der Waals surface area (Å²) in [6.45, 7) is 0. The molecule has 0 saturated carbocycles. The summed E-state index contributed by atoms with van der Waals surface area (Å²) in [5.41, 5.74) is 12.7. The summed E-state index contributed by atoms with van der Waals surface area (Å²) in [7, 11) is 0. The number of aromatic nitrogens is 3. The third kappa shape index (κ3) is 3.66. The molecule has 0 spiro atoms. The molecule has 0 aliphatic heterocycles. The second-order valence-electron chi connectivity index (χ2n) is 12.7. The van der Waals surface area contributed by atoms with Crippen LogP contribution in [0, 0.1) is 0 Å². The highest BCUT2D eigenvalue weighted by molar-refractivity contribution is 6.17. The minimum Gasteiger partial charge on any atom is -0.455 e. The van der Waals surface area contributed by atoms with E-state index in [4.69, 9.17) is 9.40 Å². The molecule has 0 aliphatic carbocycles. The molecular weight excluding hydrogens is 599 g/mol. The Morgan fingerprint density at radius 2 is 0.939 bits per heavy atom. The highest BCUT2D eigenvalue weighted by Crippen LogP contribution is 2.41. The molecule has 4 aromatic heterocycles. The summed E-state index contributed by atoms with van der Waals surface area (Å²) in [5, 5.41) is 7.02. The van der Waals surface area contributed by atoms with Gasteiger partial charge in [-0.1, -0.05) is 140 Å². The number of rotatable bonds is 3. The van der Waals surface area contributed by atoms with E-state index in [2.05, 4.69) is 167 Å². The first-order valence-electron chi connectivity index (χ1n) is 16.6. The number of imidazole rings is 1. The van der Waals surface area contributed by atoms with Crippen molar-refractivity contribution in [3.05, 3.63) is 164 Å². The monoisotopic (exact) mass is 625 g/mol. The van der Waals surface area contributed by atoms with Crippen LogP contribution in [0.5, 0.6) is 0 Å². The summed E-state index contributed by atoms with van der Waals surface area (Å²) < 4.78 is 11.4. The first-order valence-corrected chi connectivity index (χ1v) is 16.6. The lowest BCUT2D eigenvalue weighted by Gasteiger charge is -2.09. The van der Waals surface area contributed by atoms with Gasteiger partial charge in [0.25, 0.3) is 0 Å². The first-order chi connectivity index (χ1) is 24.3. The molecule has 0 unspecified atom stereocenters. The van der Waals surface area contributed by atoms with Gasteiger partial charge in [-0.05, 0) is 40.8 Å². The van der Waals surface area contributed by atoms with Crippen molar-refractivity contribution in [1.82, 2.24) is 14.0 Å². The lowest BCUT2D eigenvalue weighted by molar-refractivity contribution is 0.671. The van der Waals surface area contributed by atoms with Crippen LogP contribution in [-0.4, -0.2) is 14.0 Å². The average molecular weight is 626 g/mol. The van der Waals surface area contributed by atoms with Crippen LogP contribution >= 0.6 is 0 Å². The molecule has 4 heterocycles. The maximum absolute atomic E-state index is 6.73. The average Bonchev–Trinajstić information content (AvgIpc) is 3.85. The standard InChI is InChI=1S/C45H27N3O/c1-2-12-28(13-3-1)31-18-10-20-35-36-21-11-19-32(43(36)49-42(31)35)29-24-26-30(27-25-29)47-40-23-9-7-17-38(40)41-45(47)46-44-37-16-5-4-14-33(37)34-15-6-8-22-39(34)48(41)44/h1-27H. The van der Waals surface area contributed by atoms with Crippen LogP contribution in [0.4, 0.5) is 0 Å². The van der Waals surface area contributed by atoms with Gasteiger partial charge in [-0.25, -0.2) is 4.98 Å². The van der Waals surface area contributed by atoms with Gasteiger partial charge in [0, 0.05) is 43.7 Å². The fourth-order valence-corrected chi connectivity index (χ4v) is 7.96. The van der Waals surface area contributed by atoms with Gasteiger partial charge in [-0.3, -0.25) is 8.97 Å². The second-order valence-corrected chi connectivity index (χ2v) is 12.7. The molecule has 7 aromatic carbocycles. The quantitative estimate of drug-likeness (QED) is 0.183. The van der Waals surface area contributed by atoms with E-state index in [1.165, 1.54) is 16.2 Å². The molecule has 0 N–H and O–H groups in total. The Kier molecular flexibility index (Phi) is 5.35. The van der Waals surface area contributed by atoms with Gasteiger partial charge in [-0.15, -0.1) is 0 Å². The highest BCUT2D eigenvalue weighted by Gasteiger charge is 2.22.